The summed E-state index contributed by atoms with van der Waals surface area (Å²) < 4.78 is 5.30. The third-order valence-electron chi connectivity index (χ3n) is 2.93. The summed E-state index contributed by atoms with van der Waals surface area (Å²) in [5, 5.41) is 7.09. The molecule has 0 fully saturated rings. The van der Waals surface area contributed by atoms with Gasteiger partial charge in [0.15, 0.2) is 0 Å². The smallest absolute Gasteiger partial charge is 0.142 e. The van der Waals surface area contributed by atoms with Crippen molar-refractivity contribution in [2.24, 2.45) is 0 Å². The average Bonchev–Trinajstić information content (AvgIpc) is 2.48. The second-order valence-corrected chi connectivity index (χ2v) is 4.97. The molecule has 6 heteroatoms. The lowest BCUT2D eigenvalue weighted by Crippen LogP contribution is -2.04. The molecule has 0 aliphatic carbocycles. The van der Waals surface area contributed by atoms with Crippen LogP contribution in [-0.4, -0.2) is 23.6 Å². The molecule has 2 aromatic rings. The summed E-state index contributed by atoms with van der Waals surface area (Å²) >= 11 is 6.02. The Bertz CT molecular complexity index is 592. The molecule has 0 aliphatic heterocycles. The maximum Gasteiger partial charge on any atom is 0.142 e. The minimum atomic E-state index is 0.633. The number of benzene rings is 1. The summed E-state index contributed by atoms with van der Waals surface area (Å²) in [6, 6.07) is 7.25. The van der Waals surface area contributed by atoms with Gasteiger partial charge in [-0.15, -0.1) is 0 Å². The summed E-state index contributed by atoms with van der Waals surface area (Å²) in [7, 11) is 1.62. The lowest BCUT2D eigenvalue weighted by molar-refractivity contribution is 0.417. The van der Waals surface area contributed by atoms with Gasteiger partial charge in [-0.05, 0) is 24.6 Å². The van der Waals surface area contributed by atoms with Crippen molar-refractivity contribution in [1.82, 2.24) is 9.97 Å². The summed E-state index contributed by atoms with van der Waals surface area (Å²) in [4.78, 5) is 8.40. The minimum absolute atomic E-state index is 0.633. The molecule has 0 saturated heterocycles. The lowest BCUT2D eigenvalue weighted by atomic mass is 10.3. The van der Waals surface area contributed by atoms with E-state index in [0.717, 1.165) is 30.9 Å². The van der Waals surface area contributed by atoms with Crippen LogP contribution in [-0.2, 0) is 0 Å². The van der Waals surface area contributed by atoms with E-state index in [1.807, 2.05) is 12.1 Å². The van der Waals surface area contributed by atoms with Crippen LogP contribution in [0.2, 0.25) is 5.02 Å². The molecule has 0 amide bonds. The van der Waals surface area contributed by atoms with Crippen molar-refractivity contribution in [3.8, 4) is 5.75 Å². The van der Waals surface area contributed by atoms with Crippen LogP contribution >= 0.6 is 11.6 Å². The maximum atomic E-state index is 6.02. The van der Waals surface area contributed by atoms with Gasteiger partial charge < -0.3 is 15.4 Å². The van der Waals surface area contributed by atoms with Gasteiger partial charge >= 0.3 is 0 Å². The van der Waals surface area contributed by atoms with Gasteiger partial charge in [-0.1, -0.05) is 24.9 Å². The van der Waals surface area contributed by atoms with Crippen molar-refractivity contribution >= 4 is 28.9 Å². The fraction of sp³-hybridized carbons (Fsp3) is 0.333. The quantitative estimate of drug-likeness (QED) is 0.754. The van der Waals surface area contributed by atoms with Crippen LogP contribution in [0.25, 0.3) is 0 Å². The minimum Gasteiger partial charge on any atom is -0.495 e. The first kappa shape index (κ1) is 15.4. The molecule has 0 unspecified atom stereocenters. The van der Waals surface area contributed by atoms with E-state index < -0.39 is 0 Å². The topological polar surface area (TPSA) is 59.1 Å². The highest BCUT2D eigenvalue weighted by Crippen LogP contribution is 2.30. The molecule has 1 aromatic carbocycles. The zero-order chi connectivity index (χ0) is 15.1. The molecule has 0 spiro atoms. The number of anilines is 3. The highest BCUT2D eigenvalue weighted by molar-refractivity contribution is 6.31. The molecule has 0 radical (unpaired) electrons. The highest BCUT2D eigenvalue weighted by atomic mass is 35.5. The van der Waals surface area contributed by atoms with E-state index in [2.05, 4.69) is 27.5 Å². The van der Waals surface area contributed by atoms with Crippen molar-refractivity contribution < 1.29 is 4.74 Å². The number of hydrogen-bond acceptors (Lipinski definition) is 5. The molecular formula is C15H19ClN4O. The van der Waals surface area contributed by atoms with Crippen LogP contribution in [0.3, 0.4) is 0 Å². The fourth-order valence-corrected chi connectivity index (χ4v) is 2.00. The Kier molecular flexibility index (Phi) is 5.63. The molecule has 2 N–H and O–H groups in total. The number of halogens is 1. The molecule has 0 aliphatic rings. The largest absolute Gasteiger partial charge is 0.495 e. The Hall–Kier alpha value is -2.01. The number of nitrogens with zero attached hydrogens (tertiary/aromatic N) is 2. The number of rotatable bonds is 7. The number of nitrogens with one attached hydrogen (secondary N) is 2. The van der Waals surface area contributed by atoms with Gasteiger partial charge in [-0.3, -0.25) is 0 Å². The second kappa shape index (κ2) is 7.69. The van der Waals surface area contributed by atoms with Gasteiger partial charge in [0.2, 0.25) is 0 Å². The van der Waals surface area contributed by atoms with Crippen LogP contribution in [0.15, 0.2) is 30.6 Å². The molecule has 0 bridgehead atoms. The molecule has 0 atom stereocenters. The molecule has 5 nitrogen and oxygen atoms in total. The van der Waals surface area contributed by atoms with Crippen LogP contribution in [0, 0.1) is 0 Å². The fourth-order valence-electron chi connectivity index (χ4n) is 1.83. The Morgan fingerprint density at radius 2 is 2.00 bits per heavy atom. The first-order valence-corrected chi connectivity index (χ1v) is 7.27. The van der Waals surface area contributed by atoms with E-state index in [1.165, 1.54) is 6.33 Å². The van der Waals surface area contributed by atoms with Crippen LogP contribution in [0.5, 0.6) is 5.75 Å². The van der Waals surface area contributed by atoms with E-state index in [0.29, 0.717) is 16.6 Å². The van der Waals surface area contributed by atoms with Crippen LogP contribution < -0.4 is 15.4 Å². The average molecular weight is 307 g/mol. The van der Waals surface area contributed by atoms with Crippen molar-refractivity contribution in [1.29, 1.82) is 0 Å². The zero-order valence-corrected chi connectivity index (χ0v) is 12.9. The predicted molar refractivity (Wildman–Crippen MR) is 86.7 cm³/mol. The summed E-state index contributed by atoms with van der Waals surface area (Å²) in [5.41, 5.74) is 0.767. The Labute approximate surface area is 129 Å². The van der Waals surface area contributed by atoms with E-state index in [1.54, 1.807) is 19.2 Å². The zero-order valence-electron chi connectivity index (χ0n) is 12.2. The summed E-state index contributed by atoms with van der Waals surface area (Å²) in [5.74, 6) is 2.19. The molecule has 2 rings (SSSR count). The van der Waals surface area contributed by atoms with Gasteiger partial charge in [0.1, 0.15) is 23.7 Å². The Balaban J connectivity index is 2.12. The molecular weight excluding hydrogens is 288 g/mol. The SMILES string of the molecule is CCCCNc1cc(Nc2cc(Cl)ccc2OC)ncn1. The van der Waals surface area contributed by atoms with E-state index in [-0.39, 0.29) is 0 Å². The monoisotopic (exact) mass is 306 g/mol. The van der Waals surface area contributed by atoms with Gasteiger partial charge in [0.05, 0.1) is 12.8 Å². The summed E-state index contributed by atoms with van der Waals surface area (Å²) in [6.45, 7) is 3.05. The van der Waals surface area contributed by atoms with Crippen molar-refractivity contribution in [2.75, 3.05) is 24.3 Å². The van der Waals surface area contributed by atoms with Gasteiger partial charge in [-0.25, -0.2) is 9.97 Å². The van der Waals surface area contributed by atoms with E-state index in [9.17, 15) is 0 Å². The number of aromatic nitrogens is 2. The maximum absolute atomic E-state index is 6.02. The third-order valence-corrected chi connectivity index (χ3v) is 3.16. The van der Waals surface area contributed by atoms with Gasteiger partial charge in [0.25, 0.3) is 0 Å². The number of methoxy groups -OCH3 is 1. The lowest BCUT2D eigenvalue weighted by Gasteiger charge is -2.12. The molecule has 112 valence electrons. The normalized spacial score (nSPS) is 10.2. The van der Waals surface area contributed by atoms with Gasteiger partial charge in [0, 0.05) is 17.6 Å². The standard InChI is InChI=1S/C15H19ClN4O/c1-3-4-7-17-14-9-15(19-10-18-14)20-12-8-11(16)5-6-13(12)21-2/h5-6,8-10H,3-4,7H2,1-2H3,(H2,17,18,19,20). The Morgan fingerprint density at radius 1 is 1.19 bits per heavy atom. The molecule has 1 aromatic heterocycles. The first-order chi connectivity index (χ1) is 10.2. The van der Waals surface area contributed by atoms with Crippen LogP contribution in [0.4, 0.5) is 17.3 Å². The second-order valence-electron chi connectivity index (χ2n) is 4.54. The highest BCUT2D eigenvalue weighted by Gasteiger charge is 2.06. The van der Waals surface area contributed by atoms with E-state index >= 15 is 0 Å². The van der Waals surface area contributed by atoms with Crippen molar-refractivity contribution in [3.05, 3.63) is 35.6 Å². The molecule has 1 heterocycles. The molecule has 21 heavy (non-hydrogen) atoms. The third kappa shape index (κ3) is 4.49. The molecule has 0 saturated carbocycles. The van der Waals surface area contributed by atoms with Crippen LogP contribution in [0.1, 0.15) is 19.8 Å². The van der Waals surface area contributed by atoms with E-state index in [4.69, 9.17) is 16.3 Å². The number of hydrogen-bond donors (Lipinski definition) is 2. The van der Waals surface area contributed by atoms with Gasteiger partial charge in [-0.2, -0.15) is 0 Å². The van der Waals surface area contributed by atoms with Crippen molar-refractivity contribution in [2.45, 2.75) is 19.8 Å². The first-order valence-electron chi connectivity index (χ1n) is 6.89. The number of ether oxygens (including phenoxy) is 1. The Morgan fingerprint density at radius 3 is 2.76 bits per heavy atom. The summed E-state index contributed by atoms with van der Waals surface area (Å²) in [6.07, 6.45) is 3.77. The van der Waals surface area contributed by atoms with Crippen molar-refractivity contribution in [3.63, 3.8) is 0 Å². The predicted octanol–water partition coefficient (Wildman–Crippen LogP) is 4.09. The number of unbranched alkanes of at least 4 members (excludes halogenated alkanes) is 1.